The van der Waals surface area contributed by atoms with Crippen LogP contribution in [0.3, 0.4) is 0 Å². The van der Waals surface area contributed by atoms with Gasteiger partial charge in [0.05, 0.1) is 17.5 Å². The van der Waals surface area contributed by atoms with E-state index in [1.165, 1.54) is 11.0 Å². The fraction of sp³-hybridized carbons (Fsp3) is 0.594. The number of likely N-dealkylation sites (tertiary alicyclic amines) is 1. The third-order valence-corrected chi connectivity index (χ3v) is 10.8. The average Bonchev–Trinajstić information content (AvgIpc) is 3.88. The summed E-state index contributed by atoms with van der Waals surface area (Å²) in [6.45, 7) is 13.7. The molecule has 2 unspecified atom stereocenters. The van der Waals surface area contributed by atoms with Gasteiger partial charge < -0.3 is 25.0 Å². The highest BCUT2D eigenvalue weighted by atomic mass is 79.9. The Morgan fingerprint density at radius 1 is 1.06 bits per heavy atom. The Bertz CT molecular complexity index is 1580. The van der Waals surface area contributed by atoms with Crippen molar-refractivity contribution in [1.29, 1.82) is 0 Å². The van der Waals surface area contributed by atoms with Crippen LogP contribution in [0.15, 0.2) is 41.4 Å². The first kappa shape index (κ1) is 37.2. The second kappa shape index (κ2) is 13.7. The summed E-state index contributed by atoms with van der Waals surface area (Å²) in [5, 5.41) is 7.29. The lowest BCUT2D eigenvalue weighted by Crippen LogP contribution is -2.60. The van der Waals surface area contributed by atoms with E-state index < -0.39 is 85.8 Å². The first-order valence-electron chi connectivity index (χ1n) is 15.7. The van der Waals surface area contributed by atoms with Crippen LogP contribution in [0, 0.1) is 11.3 Å². The number of nitrogens with zero attached hydrogens (tertiary/aromatic N) is 1. The molecule has 0 bridgehead atoms. The number of hydrogen-bond acceptors (Lipinski definition) is 9. The van der Waals surface area contributed by atoms with Crippen LogP contribution in [0.25, 0.3) is 0 Å². The number of para-hydroxylation sites is 1. The number of carbonyl (C=O) groups is 5. The van der Waals surface area contributed by atoms with Crippen LogP contribution < -0.4 is 20.7 Å². The van der Waals surface area contributed by atoms with Crippen molar-refractivity contribution in [2.75, 3.05) is 11.9 Å². The Kier molecular flexibility index (Phi) is 10.6. The van der Waals surface area contributed by atoms with Crippen LogP contribution in [0.2, 0.25) is 0 Å². The number of amides is 5. The predicted molar refractivity (Wildman–Crippen MR) is 180 cm³/mol. The molecule has 4 rings (SSSR count). The number of alkyl carbamates (subject to hydrolysis) is 1. The van der Waals surface area contributed by atoms with Gasteiger partial charge in [0.1, 0.15) is 29.3 Å². The zero-order valence-electron chi connectivity index (χ0n) is 27.9. The molecule has 264 valence electrons. The van der Waals surface area contributed by atoms with Crippen molar-refractivity contribution in [1.82, 2.24) is 20.3 Å². The van der Waals surface area contributed by atoms with E-state index in [9.17, 15) is 32.4 Å². The number of benzene rings is 1. The third-order valence-electron chi connectivity index (χ3n) is 8.26. The molecule has 0 radical (unpaired) electrons. The molecule has 0 aromatic heterocycles. The molecule has 2 aliphatic carbocycles. The molecule has 1 heterocycles. The standard InChI is InChI=1S/C32H44BrN5O9S/c1-8-18-16-32(18,27(41)37-48(44,45)20-13-14-20)36-25(39)23-15-19(46-28(42)34-22-12-10-9-11-21(22)33)17-38(23)26(40)24(30(2,3)4)35-29(43)47-31(5,6)7/h8-12,18-20,23-24H,1,13-17H2,2-7H3,(H,34,42)(H,35,43)(H,36,39)(H,37,41)/t18?,19-,23+,24-,32?/m1/s1. The summed E-state index contributed by atoms with van der Waals surface area (Å²) in [5.41, 5.74) is -2.85. The molecule has 16 heteroatoms. The van der Waals surface area contributed by atoms with Gasteiger partial charge in [-0.25, -0.2) is 18.0 Å². The molecule has 14 nitrogen and oxygen atoms in total. The first-order chi connectivity index (χ1) is 22.2. The summed E-state index contributed by atoms with van der Waals surface area (Å²) in [5.74, 6) is -2.84. The van der Waals surface area contributed by atoms with Gasteiger partial charge in [0, 0.05) is 16.8 Å². The molecule has 0 spiro atoms. The maximum absolute atomic E-state index is 14.2. The van der Waals surface area contributed by atoms with Crippen molar-refractivity contribution < 1.29 is 41.9 Å². The van der Waals surface area contributed by atoms with Gasteiger partial charge in [-0.15, -0.1) is 6.58 Å². The van der Waals surface area contributed by atoms with Gasteiger partial charge in [-0.1, -0.05) is 39.0 Å². The summed E-state index contributed by atoms with van der Waals surface area (Å²) in [6, 6.07) is 4.45. The summed E-state index contributed by atoms with van der Waals surface area (Å²) < 4.78 is 38.9. The second-order valence-electron chi connectivity index (χ2n) is 14.5. The fourth-order valence-corrected chi connectivity index (χ4v) is 7.24. The molecule has 3 aliphatic rings. The third kappa shape index (κ3) is 8.87. The van der Waals surface area contributed by atoms with E-state index in [0.717, 1.165) is 0 Å². The number of hydrogen-bond donors (Lipinski definition) is 4. The Morgan fingerprint density at radius 3 is 2.25 bits per heavy atom. The maximum atomic E-state index is 14.2. The van der Waals surface area contributed by atoms with Crippen molar-refractivity contribution in [3.63, 3.8) is 0 Å². The minimum atomic E-state index is -3.91. The molecule has 4 N–H and O–H groups in total. The topological polar surface area (TPSA) is 189 Å². The van der Waals surface area contributed by atoms with Crippen molar-refractivity contribution in [3.8, 4) is 0 Å². The summed E-state index contributed by atoms with van der Waals surface area (Å²) in [4.78, 5) is 68.4. The summed E-state index contributed by atoms with van der Waals surface area (Å²) in [7, 11) is -3.91. The van der Waals surface area contributed by atoms with Crippen molar-refractivity contribution in [2.45, 2.75) is 102 Å². The van der Waals surface area contributed by atoms with E-state index in [0.29, 0.717) is 23.0 Å². The smallest absolute Gasteiger partial charge is 0.411 e. The Morgan fingerprint density at radius 2 is 1.71 bits per heavy atom. The second-order valence-corrected chi connectivity index (χ2v) is 17.3. The Hall–Kier alpha value is -3.66. The number of halogens is 1. The number of carbonyl (C=O) groups excluding carboxylic acids is 5. The lowest BCUT2D eigenvalue weighted by atomic mass is 9.85. The van der Waals surface area contributed by atoms with E-state index in [1.54, 1.807) is 65.8 Å². The number of sulfonamides is 1. The summed E-state index contributed by atoms with van der Waals surface area (Å²) >= 11 is 3.35. The number of rotatable bonds is 10. The number of nitrogens with one attached hydrogen (secondary N) is 4. The highest BCUT2D eigenvalue weighted by molar-refractivity contribution is 9.10. The maximum Gasteiger partial charge on any atom is 0.411 e. The molecule has 1 aromatic rings. The molecule has 5 atom stereocenters. The predicted octanol–water partition coefficient (Wildman–Crippen LogP) is 3.58. The normalized spacial score (nSPS) is 24.5. The minimum absolute atomic E-state index is 0.105. The zero-order valence-corrected chi connectivity index (χ0v) is 30.3. The zero-order chi connectivity index (χ0) is 35.8. The average molecular weight is 755 g/mol. The van der Waals surface area contributed by atoms with E-state index in [2.05, 4.69) is 43.2 Å². The molecule has 2 saturated carbocycles. The molecular weight excluding hydrogens is 710 g/mol. The minimum Gasteiger partial charge on any atom is -0.444 e. The van der Waals surface area contributed by atoms with Gasteiger partial charge in [-0.2, -0.15) is 0 Å². The van der Waals surface area contributed by atoms with Gasteiger partial charge >= 0.3 is 12.2 Å². The quantitative estimate of drug-likeness (QED) is 0.259. The first-order valence-corrected chi connectivity index (χ1v) is 18.0. The van der Waals surface area contributed by atoms with E-state index >= 15 is 0 Å². The van der Waals surface area contributed by atoms with Gasteiger partial charge in [-0.05, 0) is 73.5 Å². The molecule has 48 heavy (non-hydrogen) atoms. The molecule has 5 amide bonds. The van der Waals surface area contributed by atoms with Gasteiger partial charge in [0.25, 0.3) is 5.91 Å². The lowest BCUT2D eigenvalue weighted by molar-refractivity contribution is -0.143. The number of ether oxygens (including phenoxy) is 2. The molecule has 3 fully saturated rings. The van der Waals surface area contributed by atoms with Crippen molar-refractivity contribution in [3.05, 3.63) is 41.4 Å². The van der Waals surface area contributed by atoms with Crippen LogP contribution in [-0.4, -0.2) is 84.3 Å². The highest BCUT2D eigenvalue weighted by Gasteiger charge is 2.62. The van der Waals surface area contributed by atoms with Crippen LogP contribution in [0.1, 0.15) is 67.2 Å². The van der Waals surface area contributed by atoms with E-state index in [1.807, 2.05) is 0 Å². The highest BCUT2D eigenvalue weighted by Crippen LogP contribution is 2.45. The molecule has 1 aliphatic heterocycles. The van der Waals surface area contributed by atoms with E-state index in [-0.39, 0.29) is 19.4 Å². The fourth-order valence-electron chi connectivity index (χ4n) is 5.49. The van der Waals surface area contributed by atoms with Crippen molar-refractivity contribution >= 4 is 61.5 Å². The van der Waals surface area contributed by atoms with E-state index in [4.69, 9.17) is 9.47 Å². The Balaban J connectivity index is 1.59. The van der Waals surface area contributed by atoms with Crippen LogP contribution in [0.5, 0.6) is 0 Å². The molecule has 1 saturated heterocycles. The largest absolute Gasteiger partial charge is 0.444 e. The van der Waals surface area contributed by atoms with Crippen molar-refractivity contribution in [2.24, 2.45) is 11.3 Å². The molecule has 1 aromatic carbocycles. The van der Waals surface area contributed by atoms with Crippen LogP contribution >= 0.6 is 15.9 Å². The Labute approximate surface area is 289 Å². The van der Waals surface area contributed by atoms with Gasteiger partial charge in [-0.3, -0.25) is 24.4 Å². The monoisotopic (exact) mass is 753 g/mol. The number of anilines is 1. The SMILES string of the molecule is C=CC1CC1(NC(=O)[C@@H]1C[C@@H](OC(=O)Nc2ccccc2Br)CN1C(=O)[C@@H](NC(=O)OC(C)(C)C)C(C)(C)C)C(=O)NS(=O)(=O)C1CC1. The van der Waals surface area contributed by atoms with Crippen LogP contribution in [-0.2, 0) is 33.9 Å². The lowest BCUT2D eigenvalue weighted by Gasteiger charge is -2.36. The van der Waals surface area contributed by atoms with Crippen LogP contribution in [0.4, 0.5) is 15.3 Å². The molecular formula is C32H44BrN5O9S. The van der Waals surface area contributed by atoms with Gasteiger partial charge in [0.15, 0.2) is 0 Å². The summed E-state index contributed by atoms with van der Waals surface area (Å²) in [6.07, 6.45) is -0.313. The van der Waals surface area contributed by atoms with Gasteiger partial charge in [0.2, 0.25) is 21.8 Å².